The maximum absolute atomic E-state index is 11.3. The molecule has 0 aliphatic carbocycles. The predicted octanol–water partition coefficient (Wildman–Crippen LogP) is 1.35. The van der Waals surface area contributed by atoms with Crippen molar-refractivity contribution in [3.8, 4) is 0 Å². The number of carbonyl (C=O) groups is 1. The number of rotatable bonds is 7. The van der Waals surface area contributed by atoms with Crippen LogP contribution in [0.4, 0.5) is 0 Å². The van der Waals surface area contributed by atoms with Gasteiger partial charge in [0.15, 0.2) is 0 Å². The van der Waals surface area contributed by atoms with Crippen LogP contribution in [0.2, 0.25) is 0 Å². The lowest BCUT2D eigenvalue weighted by Gasteiger charge is -2.23. The second kappa shape index (κ2) is 6.75. The van der Waals surface area contributed by atoms with Crippen LogP contribution in [-0.4, -0.2) is 48.3 Å². The quantitative estimate of drug-likeness (QED) is 0.539. The number of hydrogen-bond donors (Lipinski definition) is 2. The summed E-state index contributed by atoms with van der Waals surface area (Å²) in [6, 6.07) is 0. The molecule has 0 aromatic heterocycles. The highest BCUT2D eigenvalue weighted by atomic mass is 32.2. The third kappa shape index (κ3) is 4.30. The first kappa shape index (κ1) is 16.9. The Morgan fingerprint density at radius 2 is 1.78 bits per heavy atom. The number of carboxylic acid groups (broad SMARTS) is 1. The van der Waals surface area contributed by atoms with Crippen LogP contribution in [-0.2, 0) is 14.9 Å². The summed E-state index contributed by atoms with van der Waals surface area (Å²) in [5.41, 5.74) is 0.182. The molecule has 1 atom stereocenters. The molecule has 0 bridgehead atoms. The molecule has 0 saturated carbocycles. The lowest BCUT2D eigenvalue weighted by Crippen LogP contribution is -2.31. The van der Waals surface area contributed by atoms with E-state index in [9.17, 15) is 18.3 Å². The van der Waals surface area contributed by atoms with Crippen molar-refractivity contribution >= 4 is 16.1 Å². The molecule has 0 rings (SSSR count). The van der Waals surface area contributed by atoms with E-state index in [2.05, 4.69) is 0 Å². The van der Waals surface area contributed by atoms with Crippen LogP contribution in [0.1, 0.15) is 33.1 Å². The van der Waals surface area contributed by atoms with Crippen LogP contribution >= 0.6 is 0 Å². The first-order chi connectivity index (χ1) is 8.16. The highest BCUT2D eigenvalue weighted by molar-refractivity contribution is 7.86. The molecule has 18 heavy (non-hydrogen) atoms. The Morgan fingerprint density at radius 3 is 2.00 bits per heavy atom. The van der Waals surface area contributed by atoms with Crippen LogP contribution < -0.4 is 0 Å². The van der Waals surface area contributed by atoms with Gasteiger partial charge in [-0.2, -0.15) is 8.42 Å². The Hall–Kier alpha value is -1.08. The topological polar surface area (TPSA) is 94.9 Å². The van der Waals surface area contributed by atoms with E-state index in [0.29, 0.717) is 18.5 Å². The number of allylic oxidation sites excluding steroid dienone is 1. The molecule has 0 aliphatic rings. The van der Waals surface area contributed by atoms with Crippen LogP contribution in [0.15, 0.2) is 11.3 Å². The molecule has 1 unspecified atom stereocenters. The molecule has 106 valence electrons. The third-order valence-electron chi connectivity index (χ3n) is 2.62. The van der Waals surface area contributed by atoms with Gasteiger partial charge >= 0.3 is 5.97 Å². The minimum Gasteiger partial charge on any atom is -0.478 e. The Morgan fingerprint density at radius 1 is 1.28 bits per heavy atom. The van der Waals surface area contributed by atoms with Crippen molar-refractivity contribution in [3.05, 3.63) is 11.3 Å². The largest absolute Gasteiger partial charge is 0.478 e. The fourth-order valence-corrected chi connectivity index (χ4v) is 2.80. The summed E-state index contributed by atoms with van der Waals surface area (Å²) in [5, 5.41) is 7.83. The Labute approximate surface area is 108 Å². The number of hydrogen-bond acceptors (Lipinski definition) is 4. The maximum Gasteiger partial charge on any atom is 0.334 e. The van der Waals surface area contributed by atoms with E-state index in [1.807, 2.05) is 6.92 Å². The molecule has 0 aliphatic heterocycles. The minimum absolute atomic E-state index is 0.0154. The van der Waals surface area contributed by atoms with Gasteiger partial charge in [-0.3, -0.25) is 4.55 Å². The number of carboxylic acids is 1. The van der Waals surface area contributed by atoms with Gasteiger partial charge in [0.05, 0.1) is 5.57 Å². The van der Waals surface area contributed by atoms with Crippen molar-refractivity contribution in [2.24, 2.45) is 0 Å². The second-order valence-electron chi connectivity index (χ2n) is 4.22. The third-order valence-corrected chi connectivity index (χ3v) is 3.91. The van der Waals surface area contributed by atoms with Crippen LogP contribution in [0.5, 0.6) is 0 Å². The molecule has 0 heterocycles. The van der Waals surface area contributed by atoms with Crippen molar-refractivity contribution in [3.63, 3.8) is 0 Å². The predicted molar refractivity (Wildman–Crippen MR) is 68.9 cm³/mol. The van der Waals surface area contributed by atoms with Gasteiger partial charge in [0, 0.05) is 19.8 Å². The molecule has 0 amide bonds. The molecule has 0 aromatic rings. The molecule has 0 radical (unpaired) electrons. The van der Waals surface area contributed by atoms with Crippen molar-refractivity contribution in [2.45, 2.75) is 38.4 Å². The lowest BCUT2D eigenvalue weighted by atomic mass is 10.0. The van der Waals surface area contributed by atoms with Crippen molar-refractivity contribution in [1.82, 2.24) is 4.90 Å². The zero-order valence-corrected chi connectivity index (χ0v) is 12.0. The zero-order chi connectivity index (χ0) is 14.5. The first-order valence-electron chi connectivity index (χ1n) is 5.76. The summed E-state index contributed by atoms with van der Waals surface area (Å²) < 4.78 is 31.7. The summed E-state index contributed by atoms with van der Waals surface area (Å²) in [5.74, 6) is -1.31. The normalized spacial score (nSPS) is 14.9. The summed E-state index contributed by atoms with van der Waals surface area (Å²) >= 11 is 0. The molecule has 7 heteroatoms. The summed E-state index contributed by atoms with van der Waals surface area (Å²) in [7, 11) is -1.11. The first-order valence-corrected chi connectivity index (χ1v) is 7.27. The minimum atomic E-state index is -4.42. The standard InChI is InChI=1S/C11H21NO5S/c1-5-7-8(12(3)4)10(11(13)14)9(6-2)18(15,16)17/h9H,5-7H2,1-4H3,(H,13,14)(H,15,16,17)/b10-8-. The van der Waals surface area contributed by atoms with Gasteiger partial charge in [-0.05, 0) is 12.8 Å². The van der Waals surface area contributed by atoms with E-state index in [1.165, 1.54) is 6.92 Å². The summed E-state index contributed by atoms with van der Waals surface area (Å²) in [6.07, 6.45) is 1.15. The van der Waals surface area contributed by atoms with Gasteiger partial charge < -0.3 is 10.0 Å². The van der Waals surface area contributed by atoms with Crippen molar-refractivity contribution in [1.29, 1.82) is 0 Å². The van der Waals surface area contributed by atoms with Crippen molar-refractivity contribution in [2.75, 3.05) is 14.1 Å². The van der Waals surface area contributed by atoms with E-state index in [0.717, 1.165) is 0 Å². The number of nitrogens with zero attached hydrogens (tertiary/aromatic N) is 1. The molecule has 0 spiro atoms. The molecule has 0 fully saturated rings. The van der Waals surface area contributed by atoms with E-state index in [1.54, 1.807) is 19.0 Å². The summed E-state index contributed by atoms with van der Waals surface area (Å²) in [4.78, 5) is 12.9. The van der Waals surface area contributed by atoms with Crippen LogP contribution in [0.3, 0.4) is 0 Å². The van der Waals surface area contributed by atoms with E-state index in [4.69, 9.17) is 4.55 Å². The molecular weight excluding hydrogens is 258 g/mol. The second-order valence-corrected chi connectivity index (χ2v) is 5.82. The smallest absolute Gasteiger partial charge is 0.334 e. The monoisotopic (exact) mass is 279 g/mol. The van der Waals surface area contributed by atoms with Gasteiger partial charge in [-0.25, -0.2) is 4.79 Å². The number of aliphatic carboxylic acids is 1. The average Bonchev–Trinajstić information content (AvgIpc) is 2.20. The van der Waals surface area contributed by atoms with E-state index >= 15 is 0 Å². The van der Waals surface area contributed by atoms with E-state index in [-0.39, 0.29) is 12.0 Å². The Kier molecular flexibility index (Phi) is 6.34. The van der Waals surface area contributed by atoms with Gasteiger partial charge in [-0.15, -0.1) is 0 Å². The van der Waals surface area contributed by atoms with Gasteiger partial charge in [-0.1, -0.05) is 20.3 Å². The molecule has 6 nitrogen and oxygen atoms in total. The highest BCUT2D eigenvalue weighted by Crippen LogP contribution is 2.23. The van der Waals surface area contributed by atoms with E-state index < -0.39 is 21.3 Å². The Balaban J connectivity index is 5.93. The molecule has 0 saturated heterocycles. The summed E-state index contributed by atoms with van der Waals surface area (Å²) in [6.45, 7) is 3.40. The van der Waals surface area contributed by atoms with Crippen LogP contribution in [0.25, 0.3) is 0 Å². The molecule has 2 N–H and O–H groups in total. The van der Waals surface area contributed by atoms with Crippen LogP contribution in [0, 0.1) is 0 Å². The highest BCUT2D eigenvalue weighted by Gasteiger charge is 2.33. The Bertz CT molecular complexity index is 425. The van der Waals surface area contributed by atoms with Gasteiger partial charge in [0.25, 0.3) is 10.1 Å². The fraction of sp³-hybridized carbons (Fsp3) is 0.727. The SMILES string of the molecule is CCC/C(=C(/C(=O)O)C(CC)S(=O)(=O)O)N(C)C. The van der Waals surface area contributed by atoms with Crippen molar-refractivity contribution < 1.29 is 22.9 Å². The maximum atomic E-state index is 11.3. The lowest BCUT2D eigenvalue weighted by molar-refractivity contribution is -0.133. The fourth-order valence-electron chi connectivity index (χ4n) is 1.85. The molecule has 0 aromatic carbocycles. The molecular formula is C11H21NO5S. The zero-order valence-electron chi connectivity index (χ0n) is 11.2. The van der Waals surface area contributed by atoms with Gasteiger partial charge in [0.2, 0.25) is 0 Å². The van der Waals surface area contributed by atoms with Gasteiger partial charge in [0.1, 0.15) is 5.25 Å². The average molecular weight is 279 g/mol.